The summed E-state index contributed by atoms with van der Waals surface area (Å²) in [5.74, 6) is -0.908. The lowest BCUT2D eigenvalue weighted by Crippen LogP contribution is -2.37. The maximum Gasteiger partial charge on any atom is 0.306 e. The summed E-state index contributed by atoms with van der Waals surface area (Å²) in [6.45, 7) is 3.94. The van der Waals surface area contributed by atoms with Gasteiger partial charge < -0.3 is 27.9 Å². The Morgan fingerprint density at radius 3 is 0.902 bits per heavy atom. The van der Waals surface area contributed by atoms with Crippen LogP contribution in [0.25, 0.3) is 0 Å². The van der Waals surface area contributed by atoms with E-state index >= 15 is 0 Å². The molecule has 9 nitrogen and oxygen atoms in total. The number of carbonyl (C=O) groups is 2. The molecule has 0 aliphatic carbocycles. The van der Waals surface area contributed by atoms with Crippen LogP contribution >= 0.6 is 7.82 Å². The Labute approximate surface area is 565 Å². The van der Waals surface area contributed by atoms with Gasteiger partial charge in [0.05, 0.1) is 27.7 Å². The molecule has 0 fully saturated rings. The molecule has 0 bridgehead atoms. The lowest BCUT2D eigenvalue weighted by molar-refractivity contribution is -0.870. The molecular weight excluding hydrogens is 1160 g/mol. The number of ether oxygens (including phenoxy) is 2. The second-order valence-electron chi connectivity index (χ2n) is 24.8. The molecule has 2 unspecified atom stereocenters. The Hall–Kier alpha value is -4.89. The molecule has 520 valence electrons. The highest BCUT2D eigenvalue weighted by molar-refractivity contribution is 7.45. The van der Waals surface area contributed by atoms with E-state index in [0.29, 0.717) is 30.3 Å². The first-order valence-electron chi connectivity index (χ1n) is 36.5. The number of likely N-dealkylation sites (N-methyl/N-ethyl adjacent to an activating group) is 1. The van der Waals surface area contributed by atoms with Gasteiger partial charge in [0, 0.05) is 12.8 Å². The fraction of sp³-hybridized carbons (Fsp3) is 0.610. The average molecular weight is 1290 g/mol. The van der Waals surface area contributed by atoms with Gasteiger partial charge in [0.25, 0.3) is 7.82 Å². The van der Waals surface area contributed by atoms with E-state index in [1.54, 1.807) is 0 Å². The molecule has 2 atom stereocenters. The van der Waals surface area contributed by atoms with Crippen LogP contribution in [0.4, 0.5) is 0 Å². The van der Waals surface area contributed by atoms with Crippen LogP contribution in [0, 0.1) is 0 Å². The summed E-state index contributed by atoms with van der Waals surface area (Å²) in [6.07, 6.45) is 109. The number of esters is 2. The number of carbonyl (C=O) groups excluding carboxylic acids is 2. The van der Waals surface area contributed by atoms with Crippen molar-refractivity contribution in [1.29, 1.82) is 0 Å². The summed E-state index contributed by atoms with van der Waals surface area (Å²) >= 11 is 0. The third-order valence-electron chi connectivity index (χ3n) is 14.9. The zero-order chi connectivity index (χ0) is 66.9. The fourth-order valence-corrected chi connectivity index (χ4v) is 10.2. The molecule has 0 rings (SSSR count). The lowest BCUT2D eigenvalue weighted by atomic mass is 10.0. The third-order valence-corrected chi connectivity index (χ3v) is 15.9. The monoisotopic (exact) mass is 1290 g/mol. The van der Waals surface area contributed by atoms with Gasteiger partial charge in [-0.25, -0.2) is 0 Å². The molecule has 0 aliphatic heterocycles. The third kappa shape index (κ3) is 74.2. The van der Waals surface area contributed by atoms with E-state index in [4.69, 9.17) is 18.5 Å². The Kier molecular flexibility index (Phi) is 66.7. The summed E-state index contributed by atoms with van der Waals surface area (Å²) in [5.41, 5.74) is 0. The Bertz CT molecular complexity index is 2210. The number of phosphoric acid groups is 1. The summed E-state index contributed by atoms with van der Waals surface area (Å²) in [6, 6.07) is 0. The van der Waals surface area contributed by atoms with Crippen LogP contribution in [0.15, 0.2) is 182 Å². The van der Waals surface area contributed by atoms with Gasteiger partial charge in [0.15, 0.2) is 6.10 Å². The van der Waals surface area contributed by atoms with Gasteiger partial charge in [0.1, 0.15) is 19.8 Å². The number of allylic oxidation sites excluding steroid dienone is 30. The topological polar surface area (TPSA) is 111 Å². The molecule has 0 heterocycles. The van der Waals surface area contributed by atoms with E-state index in [0.717, 1.165) is 109 Å². The van der Waals surface area contributed by atoms with Crippen LogP contribution in [0.3, 0.4) is 0 Å². The van der Waals surface area contributed by atoms with Gasteiger partial charge in [0.2, 0.25) is 0 Å². The van der Waals surface area contributed by atoms with E-state index in [9.17, 15) is 19.0 Å². The highest BCUT2D eigenvalue weighted by atomic mass is 31.2. The number of rotatable bonds is 65. The fourth-order valence-electron chi connectivity index (χ4n) is 9.43. The number of unbranched alkanes of at least 4 members (excludes halogenated alkanes) is 21. The molecule has 92 heavy (non-hydrogen) atoms. The molecule has 0 saturated heterocycles. The Balaban J connectivity index is 4.10. The zero-order valence-electron chi connectivity index (χ0n) is 59.2. The zero-order valence-corrected chi connectivity index (χ0v) is 60.1. The van der Waals surface area contributed by atoms with E-state index in [1.165, 1.54) is 116 Å². The second kappa shape index (κ2) is 70.4. The van der Waals surface area contributed by atoms with Crippen molar-refractivity contribution >= 4 is 19.8 Å². The first-order chi connectivity index (χ1) is 45.0. The minimum Gasteiger partial charge on any atom is -0.756 e. The molecular formula is C82H134NO8P. The lowest BCUT2D eigenvalue weighted by Gasteiger charge is -2.28. The minimum absolute atomic E-state index is 0.0500. The molecule has 10 heteroatoms. The molecule has 0 aromatic heterocycles. The van der Waals surface area contributed by atoms with Crippen molar-refractivity contribution in [3.8, 4) is 0 Å². The molecule has 0 N–H and O–H groups in total. The van der Waals surface area contributed by atoms with Gasteiger partial charge in [-0.2, -0.15) is 0 Å². The van der Waals surface area contributed by atoms with Crippen molar-refractivity contribution in [3.05, 3.63) is 182 Å². The van der Waals surface area contributed by atoms with Crippen molar-refractivity contribution in [1.82, 2.24) is 0 Å². The predicted octanol–water partition coefficient (Wildman–Crippen LogP) is 23.6. The summed E-state index contributed by atoms with van der Waals surface area (Å²) in [7, 11) is 1.11. The average Bonchev–Trinajstić information content (AvgIpc) is 2.14. The molecule has 0 spiro atoms. The van der Waals surface area contributed by atoms with Gasteiger partial charge in [-0.05, 0) is 128 Å². The number of hydrogen-bond donors (Lipinski definition) is 0. The number of nitrogens with zero attached hydrogens (tertiary/aromatic N) is 1. The second-order valence-corrected chi connectivity index (χ2v) is 26.2. The maximum absolute atomic E-state index is 12.8. The number of hydrogen-bond acceptors (Lipinski definition) is 8. The van der Waals surface area contributed by atoms with Crippen molar-refractivity contribution in [2.45, 2.75) is 277 Å². The summed E-state index contributed by atoms with van der Waals surface area (Å²) in [4.78, 5) is 38.1. The highest BCUT2D eigenvalue weighted by Crippen LogP contribution is 2.38. The van der Waals surface area contributed by atoms with Crippen molar-refractivity contribution in [2.24, 2.45) is 0 Å². The summed E-state index contributed by atoms with van der Waals surface area (Å²) in [5, 5.41) is 0. The van der Waals surface area contributed by atoms with Crippen LogP contribution < -0.4 is 4.89 Å². The molecule has 0 aliphatic rings. The van der Waals surface area contributed by atoms with Gasteiger partial charge in [-0.15, -0.1) is 0 Å². The van der Waals surface area contributed by atoms with Crippen LogP contribution in [0.5, 0.6) is 0 Å². The highest BCUT2D eigenvalue weighted by Gasteiger charge is 2.22. The van der Waals surface area contributed by atoms with Crippen molar-refractivity contribution < 1.29 is 42.1 Å². The Morgan fingerprint density at radius 1 is 0.337 bits per heavy atom. The van der Waals surface area contributed by atoms with Crippen molar-refractivity contribution in [2.75, 3.05) is 47.5 Å². The standard InChI is InChI=1S/C82H134NO8P/c1-6-8-10-12-14-16-18-20-22-24-26-28-30-32-34-36-37-38-39-40-41-42-43-44-45-47-48-50-52-54-56-58-60-62-64-66-68-70-72-74-81(84)88-78-80(79-90-92(86,87)89-77-76-83(3,4)5)91-82(85)75-73-71-69-67-65-63-61-59-57-55-53-51-49-46-35-33-31-29-27-25-23-21-19-17-15-13-11-9-7-2/h8-11,14-17,20-23,26-29,32-35,37-38,49,51,55,57,61,63,67,69,80H,6-7,12-13,18-19,24-25,30-31,36,39-48,50,52-54,56,58-60,62,64-66,68,70-79H2,1-5H3/b10-8-,11-9-,16-14-,17-15-,22-20-,23-21-,28-26-,29-27-,34-32-,35-33-,38-37-,51-49-,57-55-,63-61-,69-67-. The first kappa shape index (κ1) is 87.1. The largest absolute Gasteiger partial charge is 0.756 e. The van der Waals surface area contributed by atoms with Gasteiger partial charge >= 0.3 is 11.9 Å². The first-order valence-corrected chi connectivity index (χ1v) is 38.0. The molecule has 0 aromatic carbocycles. The van der Waals surface area contributed by atoms with Crippen LogP contribution in [-0.2, 0) is 32.7 Å². The quantitative estimate of drug-likeness (QED) is 0.0195. The predicted molar refractivity (Wildman–Crippen MR) is 396 cm³/mol. The molecule has 0 saturated carbocycles. The summed E-state index contributed by atoms with van der Waals surface area (Å²) < 4.78 is 34.2. The number of quaternary nitrogens is 1. The SMILES string of the molecule is CC/C=C\C/C=C\C/C=C\C/C=C\C/C=C\C/C=C\C/C=C\C/C=C\C/C=C\CCCC(=O)OC(COC(=O)CCCCCCCCCCCCCCCCCCCCCC/C=C\C/C=C\C/C=C\C/C=C\C/C=C\C/C=C\CC)COP(=O)([O-])OCC[N+](C)(C)C. The van der Waals surface area contributed by atoms with Crippen molar-refractivity contribution in [3.63, 3.8) is 0 Å². The Morgan fingerprint density at radius 2 is 0.598 bits per heavy atom. The van der Waals surface area contributed by atoms with Gasteiger partial charge in [-0.1, -0.05) is 312 Å². The van der Waals surface area contributed by atoms with Crippen LogP contribution in [0.1, 0.15) is 271 Å². The molecule has 0 aromatic rings. The van der Waals surface area contributed by atoms with Gasteiger partial charge in [-0.3, -0.25) is 14.2 Å². The normalized spacial score (nSPS) is 14.2. The van der Waals surface area contributed by atoms with E-state index < -0.39 is 32.5 Å². The number of phosphoric ester groups is 1. The van der Waals surface area contributed by atoms with E-state index in [1.807, 2.05) is 27.2 Å². The smallest absolute Gasteiger partial charge is 0.306 e. The molecule has 0 amide bonds. The minimum atomic E-state index is -4.67. The van der Waals surface area contributed by atoms with Crippen LogP contribution in [0.2, 0.25) is 0 Å². The maximum atomic E-state index is 12.8. The van der Waals surface area contributed by atoms with E-state index in [-0.39, 0.29) is 26.1 Å². The van der Waals surface area contributed by atoms with Crippen LogP contribution in [-0.4, -0.2) is 70.0 Å². The molecule has 0 radical (unpaired) electrons. The van der Waals surface area contributed by atoms with E-state index in [2.05, 4.69) is 190 Å².